The molecule has 2 atom stereocenters. The van der Waals surface area contributed by atoms with E-state index in [9.17, 15) is 22.8 Å². The van der Waals surface area contributed by atoms with Gasteiger partial charge in [-0.05, 0) is 24.3 Å². The van der Waals surface area contributed by atoms with E-state index in [0.29, 0.717) is 6.42 Å². The lowest BCUT2D eigenvalue weighted by atomic mass is 9.75. The van der Waals surface area contributed by atoms with E-state index in [4.69, 9.17) is 0 Å². The third kappa shape index (κ3) is 3.03. The number of benzene rings is 1. The third-order valence-electron chi connectivity index (χ3n) is 3.51. The first-order valence-corrected chi connectivity index (χ1v) is 6.08. The summed E-state index contributed by atoms with van der Waals surface area (Å²) in [7, 11) is 0. The molecule has 0 heterocycles. The highest BCUT2D eigenvalue weighted by atomic mass is 19.4. The van der Waals surface area contributed by atoms with E-state index >= 15 is 0 Å². The Balaban J connectivity index is 2.17. The van der Waals surface area contributed by atoms with Gasteiger partial charge in [0.15, 0.2) is 0 Å². The van der Waals surface area contributed by atoms with Crippen LogP contribution in [-0.2, 0) is 9.59 Å². The maximum Gasteiger partial charge on any atom is 0.450 e. The monoisotopic (exact) mass is 270 g/mol. The topological polar surface area (TPSA) is 34.1 Å². The Hall–Kier alpha value is -1.65. The second-order valence-corrected chi connectivity index (χ2v) is 4.76. The molecule has 1 saturated carbocycles. The number of rotatable bonds is 2. The molecule has 2 nitrogen and oxygen atoms in total. The Morgan fingerprint density at radius 1 is 1.16 bits per heavy atom. The molecule has 0 aliphatic heterocycles. The van der Waals surface area contributed by atoms with Crippen LogP contribution in [0.15, 0.2) is 30.3 Å². The average Bonchev–Trinajstić information content (AvgIpc) is 2.38. The van der Waals surface area contributed by atoms with Gasteiger partial charge in [-0.15, -0.1) is 0 Å². The van der Waals surface area contributed by atoms with Crippen LogP contribution in [0.4, 0.5) is 13.2 Å². The van der Waals surface area contributed by atoms with Crippen LogP contribution >= 0.6 is 0 Å². The van der Waals surface area contributed by atoms with Crippen molar-refractivity contribution in [2.75, 3.05) is 0 Å². The fraction of sp³-hybridized carbons (Fsp3) is 0.429. The summed E-state index contributed by atoms with van der Waals surface area (Å²) in [5.41, 5.74) is 0.884. The van der Waals surface area contributed by atoms with Crippen molar-refractivity contribution >= 4 is 11.6 Å². The molecule has 0 spiro atoms. The van der Waals surface area contributed by atoms with Gasteiger partial charge in [-0.1, -0.05) is 30.3 Å². The minimum Gasteiger partial charge on any atom is -0.299 e. The second-order valence-electron chi connectivity index (χ2n) is 4.76. The highest BCUT2D eigenvalue weighted by Gasteiger charge is 2.47. The van der Waals surface area contributed by atoms with Crippen molar-refractivity contribution in [1.82, 2.24) is 0 Å². The van der Waals surface area contributed by atoms with Gasteiger partial charge >= 0.3 is 6.18 Å². The van der Waals surface area contributed by atoms with Crippen molar-refractivity contribution < 1.29 is 22.8 Å². The van der Waals surface area contributed by atoms with Crippen LogP contribution in [-0.4, -0.2) is 17.7 Å². The fourth-order valence-corrected chi connectivity index (χ4v) is 2.50. The molecule has 5 heteroatoms. The Bertz CT molecular complexity index is 479. The molecular weight excluding hydrogens is 257 g/mol. The van der Waals surface area contributed by atoms with Crippen molar-refractivity contribution in [3.05, 3.63) is 35.9 Å². The van der Waals surface area contributed by atoms with E-state index in [1.54, 1.807) is 12.1 Å². The van der Waals surface area contributed by atoms with Crippen molar-refractivity contribution in [3.8, 4) is 0 Å². The van der Waals surface area contributed by atoms with Crippen LogP contribution in [0.1, 0.15) is 30.7 Å². The summed E-state index contributed by atoms with van der Waals surface area (Å²) >= 11 is 0. The summed E-state index contributed by atoms with van der Waals surface area (Å²) in [6.07, 6.45) is -4.43. The van der Waals surface area contributed by atoms with Gasteiger partial charge < -0.3 is 0 Å². The first-order chi connectivity index (χ1) is 8.89. The number of carbonyl (C=O) groups excluding carboxylic acids is 2. The largest absolute Gasteiger partial charge is 0.450 e. The van der Waals surface area contributed by atoms with E-state index in [-0.39, 0.29) is 18.8 Å². The van der Waals surface area contributed by atoms with Crippen molar-refractivity contribution in [3.63, 3.8) is 0 Å². The third-order valence-corrected chi connectivity index (χ3v) is 3.51. The van der Waals surface area contributed by atoms with Crippen molar-refractivity contribution in [2.45, 2.75) is 31.4 Å². The van der Waals surface area contributed by atoms with Gasteiger partial charge in [0.05, 0.1) is 5.92 Å². The SMILES string of the molecule is O=C1CC[C@@H](c2ccccc2)C[C@@H]1C(=O)C(F)(F)F. The van der Waals surface area contributed by atoms with Crippen LogP contribution in [0.2, 0.25) is 0 Å². The zero-order valence-electron chi connectivity index (χ0n) is 10.1. The lowest BCUT2D eigenvalue weighted by molar-refractivity contribution is -0.177. The molecule has 2 rings (SSSR count). The average molecular weight is 270 g/mol. The summed E-state index contributed by atoms with van der Waals surface area (Å²) in [6, 6.07) is 9.04. The minimum atomic E-state index is -4.93. The molecule has 0 amide bonds. The zero-order chi connectivity index (χ0) is 14.0. The molecular formula is C14H13F3O2. The first kappa shape index (κ1) is 13.8. The Kier molecular flexibility index (Phi) is 3.73. The van der Waals surface area contributed by atoms with E-state index < -0.39 is 23.7 Å². The molecule has 0 unspecified atom stereocenters. The van der Waals surface area contributed by atoms with Gasteiger partial charge in [-0.25, -0.2) is 0 Å². The Morgan fingerprint density at radius 2 is 1.79 bits per heavy atom. The molecule has 102 valence electrons. The maximum absolute atomic E-state index is 12.4. The molecule has 1 aliphatic carbocycles. The Morgan fingerprint density at radius 3 is 2.37 bits per heavy atom. The molecule has 1 fully saturated rings. The predicted octanol–water partition coefficient (Wildman–Crippen LogP) is 3.27. The molecule has 0 radical (unpaired) electrons. The minimum absolute atomic E-state index is 0.0338. The van der Waals surface area contributed by atoms with E-state index in [1.807, 2.05) is 18.2 Å². The van der Waals surface area contributed by atoms with Gasteiger partial charge in [-0.2, -0.15) is 13.2 Å². The molecule has 19 heavy (non-hydrogen) atoms. The molecule has 0 saturated heterocycles. The first-order valence-electron chi connectivity index (χ1n) is 6.08. The normalized spacial score (nSPS) is 24.3. The maximum atomic E-state index is 12.4. The number of ketones is 2. The molecule has 0 N–H and O–H groups in total. The van der Waals surface area contributed by atoms with Crippen LogP contribution in [0.25, 0.3) is 0 Å². The fourth-order valence-electron chi connectivity index (χ4n) is 2.50. The number of hydrogen-bond acceptors (Lipinski definition) is 2. The Labute approximate surface area is 108 Å². The van der Waals surface area contributed by atoms with Crippen LogP contribution in [0.3, 0.4) is 0 Å². The molecule has 0 bridgehead atoms. The quantitative estimate of drug-likeness (QED) is 0.773. The van der Waals surface area contributed by atoms with Gasteiger partial charge in [0.25, 0.3) is 0 Å². The molecule has 0 aromatic heterocycles. The van der Waals surface area contributed by atoms with Crippen LogP contribution < -0.4 is 0 Å². The van der Waals surface area contributed by atoms with Gasteiger partial charge in [0, 0.05) is 6.42 Å². The lowest BCUT2D eigenvalue weighted by Gasteiger charge is -2.28. The summed E-state index contributed by atoms with van der Waals surface area (Å²) in [5.74, 6) is -4.18. The number of halogens is 3. The standard InChI is InChI=1S/C14H13F3O2/c15-14(16,17)13(19)11-8-10(6-7-12(11)18)9-4-2-1-3-5-9/h1-5,10-11H,6-8H2/t10-,11+/m1/s1. The van der Waals surface area contributed by atoms with E-state index in [2.05, 4.69) is 0 Å². The highest BCUT2D eigenvalue weighted by molar-refractivity contribution is 6.05. The lowest BCUT2D eigenvalue weighted by Crippen LogP contribution is -2.38. The van der Waals surface area contributed by atoms with E-state index in [0.717, 1.165) is 5.56 Å². The molecule has 1 aromatic rings. The van der Waals surface area contributed by atoms with Gasteiger partial charge in [-0.3, -0.25) is 9.59 Å². The number of alkyl halides is 3. The van der Waals surface area contributed by atoms with Crippen LogP contribution in [0.5, 0.6) is 0 Å². The van der Waals surface area contributed by atoms with Crippen molar-refractivity contribution in [1.29, 1.82) is 0 Å². The van der Waals surface area contributed by atoms with Crippen LogP contribution in [0, 0.1) is 5.92 Å². The number of Topliss-reactive ketones (excluding diaryl/α,β-unsaturated/α-hetero) is 2. The van der Waals surface area contributed by atoms with Gasteiger partial charge in [0.1, 0.15) is 5.78 Å². The number of carbonyl (C=O) groups is 2. The van der Waals surface area contributed by atoms with E-state index in [1.165, 1.54) is 0 Å². The predicted molar refractivity (Wildman–Crippen MR) is 62.6 cm³/mol. The summed E-state index contributed by atoms with van der Waals surface area (Å²) < 4.78 is 37.3. The highest BCUT2D eigenvalue weighted by Crippen LogP contribution is 2.37. The van der Waals surface area contributed by atoms with Crippen molar-refractivity contribution in [2.24, 2.45) is 5.92 Å². The van der Waals surface area contributed by atoms with Gasteiger partial charge in [0.2, 0.25) is 5.78 Å². The molecule has 1 aliphatic rings. The summed E-state index contributed by atoms with van der Waals surface area (Å²) in [6.45, 7) is 0. The second kappa shape index (κ2) is 5.15. The summed E-state index contributed by atoms with van der Waals surface area (Å²) in [5, 5.41) is 0. The smallest absolute Gasteiger partial charge is 0.299 e. The summed E-state index contributed by atoms with van der Waals surface area (Å²) in [4.78, 5) is 22.8. The number of hydrogen-bond donors (Lipinski definition) is 0. The molecule has 1 aromatic carbocycles. The zero-order valence-corrected chi connectivity index (χ0v) is 10.1.